The molecule has 7 heteroatoms. The van der Waals surface area contributed by atoms with E-state index in [2.05, 4.69) is 56.1 Å². The number of nitrogens with one attached hydrogen (secondary N) is 1. The Labute approximate surface area is 167 Å². The summed E-state index contributed by atoms with van der Waals surface area (Å²) >= 11 is 0. The predicted molar refractivity (Wildman–Crippen MR) is 116 cm³/mol. The number of aromatic nitrogens is 2. The minimum Gasteiger partial charge on any atom is -0.370 e. The third-order valence-electron chi connectivity index (χ3n) is 4.95. The molecule has 3 N–H and O–H groups in total. The zero-order chi connectivity index (χ0) is 19.8. The Morgan fingerprint density at radius 1 is 1.14 bits per heavy atom. The third kappa shape index (κ3) is 5.92. The fraction of sp³-hybridized carbons (Fsp3) is 0.476. The highest BCUT2D eigenvalue weighted by Gasteiger charge is 2.18. The molecule has 0 spiro atoms. The van der Waals surface area contributed by atoms with Crippen LogP contribution >= 0.6 is 0 Å². The van der Waals surface area contributed by atoms with E-state index in [1.807, 2.05) is 18.2 Å². The predicted octanol–water partition coefficient (Wildman–Crippen LogP) is 2.54. The fourth-order valence-electron chi connectivity index (χ4n) is 3.28. The van der Waals surface area contributed by atoms with Gasteiger partial charge in [0.25, 0.3) is 0 Å². The van der Waals surface area contributed by atoms with Crippen LogP contribution < -0.4 is 16.0 Å². The highest BCUT2D eigenvalue weighted by Crippen LogP contribution is 2.18. The maximum absolute atomic E-state index is 6.04. The van der Waals surface area contributed by atoms with Gasteiger partial charge in [-0.2, -0.15) is 0 Å². The van der Waals surface area contributed by atoms with E-state index in [1.165, 1.54) is 5.56 Å². The van der Waals surface area contributed by atoms with Gasteiger partial charge in [0.15, 0.2) is 5.96 Å². The van der Waals surface area contributed by atoms with Crippen LogP contribution in [0.15, 0.2) is 47.7 Å². The number of hydrogen-bond acceptors (Lipinski definition) is 5. The van der Waals surface area contributed by atoms with E-state index in [0.717, 1.165) is 57.3 Å². The van der Waals surface area contributed by atoms with Gasteiger partial charge in [-0.25, -0.2) is 9.97 Å². The summed E-state index contributed by atoms with van der Waals surface area (Å²) in [6.07, 6.45) is 4.59. The molecule has 3 rings (SSSR count). The van der Waals surface area contributed by atoms with Crippen LogP contribution in [-0.2, 0) is 0 Å². The molecule has 1 aliphatic rings. The van der Waals surface area contributed by atoms with Crippen LogP contribution in [0.25, 0.3) is 0 Å². The first kappa shape index (κ1) is 20.1. The Morgan fingerprint density at radius 3 is 2.61 bits per heavy atom. The molecule has 1 aromatic carbocycles. The van der Waals surface area contributed by atoms with Crippen molar-refractivity contribution >= 4 is 17.6 Å². The number of benzene rings is 1. The van der Waals surface area contributed by atoms with E-state index >= 15 is 0 Å². The lowest BCUT2D eigenvalue weighted by molar-refractivity contribution is 0.255. The average Bonchev–Trinajstić information content (AvgIpc) is 2.72. The molecule has 0 atom stereocenters. The molecule has 1 aliphatic heterocycles. The number of hydrogen-bond donors (Lipinski definition) is 2. The third-order valence-corrected chi connectivity index (χ3v) is 4.95. The van der Waals surface area contributed by atoms with E-state index in [-0.39, 0.29) is 0 Å². The number of aliphatic imine (C=N–C) groups is 1. The van der Waals surface area contributed by atoms with Crippen molar-refractivity contribution in [2.24, 2.45) is 10.7 Å². The number of nitrogens with zero attached hydrogens (tertiary/aromatic N) is 5. The number of nitrogens with two attached hydrogens (primary N) is 1. The molecule has 28 heavy (non-hydrogen) atoms. The van der Waals surface area contributed by atoms with Crippen LogP contribution in [0, 0.1) is 0 Å². The van der Waals surface area contributed by atoms with Crippen molar-refractivity contribution in [3.63, 3.8) is 0 Å². The van der Waals surface area contributed by atoms with Crippen LogP contribution in [0.5, 0.6) is 0 Å². The second kappa shape index (κ2) is 10.0. The van der Waals surface area contributed by atoms with Gasteiger partial charge < -0.3 is 16.0 Å². The molecular weight excluding hydrogens is 350 g/mol. The molecule has 1 fully saturated rings. The van der Waals surface area contributed by atoms with Gasteiger partial charge in [-0.15, -0.1) is 0 Å². The first-order chi connectivity index (χ1) is 13.6. The van der Waals surface area contributed by atoms with E-state index in [1.54, 1.807) is 12.4 Å². The van der Waals surface area contributed by atoms with Crippen LogP contribution in [0.3, 0.4) is 0 Å². The largest absolute Gasteiger partial charge is 0.370 e. The number of piperazine rings is 1. The first-order valence-electron chi connectivity index (χ1n) is 10.0. The van der Waals surface area contributed by atoms with Crippen molar-refractivity contribution in [2.75, 3.05) is 49.5 Å². The van der Waals surface area contributed by atoms with Crippen LogP contribution in [0.2, 0.25) is 0 Å². The highest BCUT2D eigenvalue weighted by atomic mass is 15.3. The highest BCUT2D eigenvalue weighted by molar-refractivity contribution is 5.92. The van der Waals surface area contributed by atoms with E-state index in [4.69, 9.17) is 5.73 Å². The Balaban J connectivity index is 1.37. The molecule has 0 amide bonds. The maximum atomic E-state index is 6.04. The van der Waals surface area contributed by atoms with Crippen molar-refractivity contribution in [3.05, 3.63) is 48.3 Å². The van der Waals surface area contributed by atoms with Crippen LogP contribution in [0.1, 0.15) is 31.7 Å². The van der Waals surface area contributed by atoms with Gasteiger partial charge in [0.2, 0.25) is 5.95 Å². The molecule has 7 nitrogen and oxygen atoms in total. The Kier molecular flexibility index (Phi) is 7.19. The quantitative estimate of drug-likeness (QED) is 0.436. The first-order valence-corrected chi connectivity index (χ1v) is 10.0. The summed E-state index contributed by atoms with van der Waals surface area (Å²) < 4.78 is 0. The number of anilines is 2. The molecule has 1 aromatic heterocycles. The lowest BCUT2D eigenvalue weighted by Crippen LogP contribution is -2.47. The second-order valence-corrected chi connectivity index (χ2v) is 7.40. The molecule has 150 valence electrons. The van der Waals surface area contributed by atoms with E-state index < -0.39 is 0 Å². The Bertz CT molecular complexity index is 752. The van der Waals surface area contributed by atoms with Crippen LogP contribution in [0.4, 0.5) is 11.6 Å². The molecule has 0 radical (unpaired) electrons. The van der Waals surface area contributed by atoms with Crippen molar-refractivity contribution in [1.82, 2.24) is 14.9 Å². The van der Waals surface area contributed by atoms with Crippen molar-refractivity contribution in [3.8, 4) is 0 Å². The summed E-state index contributed by atoms with van der Waals surface area (Å²) in [4.78, 5) is 17.8. The molecule has 0 saturated carbocycles. The molecule has 2 heterocycles. The van der Waals surface area contributed by atoms with E-state index in [9.17, 15) is 0 Å². The molecular formula is C21H31N7. The summed E-state index contributed by atoms with van der Waals surface area (Å²) in [5.41, 5.74) is 8.32. The molecule has 0 aliphatic carbocycles. The fourth-order valence-corrected chi connectivity index (χ4v) is 3.28. The summed E-state index contributed by atoms with van der Waals surface area (Å²) in [6, 6.07) is 10.2. The minimum atomic E-state index is 0.479. The summed E-state index contributed by atoms with van der Waals surface area (Å²) in [5.74, 6) is 1.80. The van der Waals surface area contributed by atoms with Crippen molar-refractivity contribution in [2.45, 2.75) is 26.2 Å². The lowest BCUT2D eigenvalue weighted by atomic mass is 10.0. The second-order valence-electron chi connectivity index (χ2n) is 7.40. The molecule has 2 aromatic rings. The van der Waals surface area contributed by atoms with Gasteiger partial charge in [0, 0.05) is 57.3 Å². The summed E-state index contributed by atoms with van der Waals surface area (Å²) in [7, 11) is 0. The topological polar surface area (TPSA) is 82.7 Å². The van der Waals surface area contributed by atoms with Gasteiger partial charge in [-0.1, -0.05) is 26.0 Å². The normalized spacial score (nSPS) is 15.8. The molecule has 1 saturated heterocycles. The Hall–Kier alpha value is -2.67. The summed E-state index contributed by atoms with van der Waals surface area (Å²) in [5, 5.41) is 3.19. The van der Waals surface area contributed by atoms with Crippen molar-refractivity contribution < 1.29 is 0 Å². The molecule has 0 unspecified atom stereocenters. The van der Waals surface area contributed by atoms with Crippen molar-refractivity contribution in [1.29, 1.82) is 0 Å². The smallest absolute Gasteiger partial charge is 0.225 e. The maximum Gasteiger partial charge on any atom is 0.225 e. The van der Waals surface area contributed by atoms with Gasteiger partial charge in [0.1, 0.15) is 0 Å². The average molecular weight is 382 g/mol. The van der Waals surface area contributed by atoms with Gasteiger partial charge in [-0.3, -0.25) is 9.89 Å². The minimum absolute atomic E-state index is 0.479. The SMILES string of the molecule is CC(C)c1cccc(NC(N)=NCCCN2CCN(c3ncccn3)CC2)c1. The number of rotatable bonds is 7. The van der Waals surface area contributed by atoms with Gasteiger partial charge in [-0.05, 0) is 36.1 Å². The monoisotopic (exact) mass is 381 g/mol. The van der Waals surface area contributed by atoms with E-state index in [0.29, 0.717) is 11.9 Å². The standard InChI is InChI=1S/C21H31N7/c1-17(2)18-6-3-7-19(16-18)26-20(22)23-10-5-11-27-12-14-28(15-13-27)21-24-8-4-9-25-21/h3-4,6-9,16-17H,5,10-15H2,1-2H3,(H3,22,23,26). The van der Waals surface area contributed by atoms with Gasteiger partial charge in [0.05, 0.1) is 0 Å². The lowest BCUT2D eigenvalue weighted by Gasteiger charge is -2.34. The van der Waals surface area contributed by atoms with Crippen LogP contribution in [-0.4, -0.2) is 60.1 Å². The zero-order valence-electron chi connectivity index (χ0n) is 16.9. The molecule has 0 bridgehead atoms. The number of guanidine groups is 1. The zero-order valence-corrected chi connectivity index (χ0v) is 16.9. The van der Waals surface area contributed by atoms with Gasteiger partial charge >= 0.3 is 0 Å². The Morgan fingerprint density at radius 2 is 1.89 bits per heavy atom. The summed E-state index contributed by atoms with van der Waals surface area (Å²) in [6.45, 7) is 10.1.